The third kappa shape index (κ3) is 2.18. The van der Waals surface area contributed by atoms with Crippen molar-refractivity contribution < 1.29 is 9.18 Å². The average Bonchev–Trinajstić information content (AvgIpc) is 2.20. The highest BCUT2D eigenvalue weighted by Gasteiger charge is 2.15. The highest BCUT2D eigenvalue weighted by atomic mass is 79.9. The topological polar surface area (TPSA) is 40.9 Å². The minimum absolute atomic E-state index is 0.222. The van der Waals surface area contributed by atoms with Gasteiger partial charge in [-0.2, -0.15) is 5.26 Å². The Balaban J connectivity index is 3.04. The van der Waals surface area contributed by atoms with E-state index in [1.54, 1.807) is 0 Å². The van der Waals surface area contributed by atoms with E-state index in [4.69, 9.17) is 5.26 Å². The molecule has 0 aliphatic heterocycles. The molecule has 14 heavy (non-hydrogen) atoms. The van der Waals surface area contributed by atoms with E-state index in [2.05, 4.69) is 15.9 Å². The molecule has 1 unspecified atom stereocenters. The first-order chi connectivity index (χ1) is 6.56. The van der Waals surface area contributed by atoms with Crippen molar-refractivity contribution >= 4 is 21.7 Å². The van der Waals surface area contributed by atoms with Crippen LogP contribution in [0.4, 0.5) is 4.39 Å². The van der Waals surface area contributed by atoms with E-state index in [1.807, 2.05) is 6.07 Å². The summed E-state index contributed by atoms with van der Waals surface area (Å²) >= 11 is 2.98. The van der Waals surface area contributed by atoms with Gasteiger partial charge in [-0.15, -0.1) is 0 Å². The van der Waals surface area contributed by atoms with Crippen molar-refractivity contribution in [2.75, 3.05) is 0 Å². The molecule has 0 heterocycles. The summed E-state index contributed by atoms with van der Waals surface area (Å²) in [5.74, 6) is -1.60. The Labute approximate surface area is 89.5 Å². The van der Waals surface area contributed by atoms with E-state index in [-0.39, 0.29) is 11.3 Å². The van der Waals surface area contributed by atoms with E-state index < -0.39 is 11.7 Å². The molecule has 0 saturated heterocycles. The smallest absolute Gasteiger partial charge is 0.179 e. The standard InChI is InChI=1S/C10H7BrFNO/c1-6(5-13)10(14)7-2-3-8(11)9(12)4-7/h2-4,6H,1H3. The number of nitriles is 1. The molecule has 0 bridgehead atoms. The molecule has 72 valence electrons. The van der Waals surface area contributed by atoms with Crippen molar-refractivity contribution in [1.82, 2.24) is 0 Å². The molecule has 0 amide bonds. The zero-order valence-electron chi connectivity index (χ0n) is 7.42. The number of halogens is 2. The molecule has 1 aromatic rings. The van der Waals surface area contributed by atoms with Gasteiger partial charge in [0.25, 0.3) is 0 Å². The van der Waals surface area contributed by atoms with Crippen LogP contribution in [0, 0.1) is 23.1 Å². The Bertz CT molecular complexity index is 411. The molecule has 1 aromatic carbocycles. The zero-order chi connectivity index (χ0) is 10.7. The van der Waals surface area contributed by atoms with E-state index in [9.17, 15) is 9.18 Å². The van der Waals surface area contributed by atoms with E-state index >= 15 is 0 Å². The van der Waals surface area contributed by atoms with Crippen LogP contribution in [0.15, 0.2) is 22.7 Å². The first kappa shape index (κ1) is 10.9. The highest BCUT2D eigenvalue weighted by Crippen LogP contribution is 2.18. The summed E-state index contributed by atoms with van der Waals surface area (Å²) in [4.78, 5) is 11.4. The minimum atomic E-state index is -0.740. The number of rotatable bonds is 2. The van der Waals surface area contributed by atoms with E-state index in [0.29, 0.717) is 4.47 Å². The first-order valence-electron chi connectivity index (χ1n) is 3.95. The minimum Gasteiger partial charge on any atom is -0.293 e. The predicted molar refractivity (Wildman–Crippen MR) is 53.2 cm³/mol. The monoisotopic (exact) mass is 255 g/mol. The molecule has 0 N–H and O–H groups in total. The number of hydrogen-bond acceptors (Lipinski definition) is 2. The fourth-order valence-electron chi connectivity index (χ4n) is 0.958. The lowest BCUT2D eigenvalue weighted by Gasteiger charge is -2.02. The number of nitrogens with zero attached hydrogens (tertiary/aromatic N) is 1. The second-order valence-corrected chi connectivity index (χ2v) is 3.70. The Morgan fingerprint density at radius 2 is 2.29 bits per heavy atom. The average molecular weight is 256 g/mol. The quantitative estimate of drug-likeness (QED) is 0.763. The molecule has 0 spiro atoms. The Kier molecular flexibility index (Phi) is 3.37. The maximum atomic E-state index is 13.0. The van der Waals surface area contributed by atoms with Crippen LogP contribution in [0.25, 0.3) is 0 Å². The van der Waals surface area contributed by atoms with E-state index in [0.717, 1.165) is 6.07 Å². The molecule has 0 aromatic heterocycles. The normalized spacial score (nSPS) is 11.9. The molecule has 4 heteroatoms. The molecule has 0 fully saturated rings. The molecule has 1 rings (SSSR count). The van der Waals surface area contributed by atoms with Crippen LogP contribution in [0.3, 0.4) is 0 Å². The summed E-state index contributed by atoms with van der Waals surface area (Å²) in [6.45, 7) is 1.49. The fourth-order valence-corrected chi connectivity index (χ4v) is 1.20. The van der Waals surface area contributed by atoms with Crippen molar-refractivity contribution in [3.05, 3.63) is 34.1 Å². The molecular weight excluding hydrogens is 249 g/mol. The van der Waals surface area contributed by atoms with Gasteiger partial charge in [0.2, 0.25) is 0 Å². The van der Waals surface area contributed by atoms with Gasteiger partial charge in [-0.3, -0.25) is 4.79 Å². The molecule has 0 aliphatic rings. The summed E-state index contributed by atoms with van der Waals surface area (Å²) in [7, 11) is 0. The van der Waals surface area contributed by atoms with E-state index in [1.165, 1.54) is 19.1 Å². The van der Waals surface area contributed by atoms with Gasteiger partial charge < -0.3 is 0 Å². The number of benzene rings is 1. The summed E-state index contributed by atoms with van der Waals surface area (Å²) < 4.78 is 13.3. The maximum Gasteiger partial charge on any atom is 0.179 e. The molecule has 0 radical (unpaired) electrons. The number of Topliss-reactive ketones (excluding diaryl/α,β-unsaturated/α-hetero) is 1. The van der Waals surface area contributed by atoms with Crippen LogP contribution in [0.1, 0.15) is 17.3 Å². The van der Waals surface area contributed by atoms with Crippen molar-refractivity contribution in [3.63, 3.8) is 0 Å². The Hall–Kier alpha value is -1.21. The van der Waals surface area contributed by atoms with Gasteiger partial charge in [0.15, 0.2) is 5.78 Å². The highest BCUT2D eigenvalue weighted by molar-refractivity contribution is 9.10. The predicted octanol–water partition coefficient (Wildman–Crippen LogP) is 2.93. The van der Waals surface area contributed by atoms with Crippen LogP contribution >= 0.6 is 15.9 Å². The number of hydrogen-bond donors (Lipinski definition) is 0. The lowest BCUT2D eigenvalue weighted by Crippen LogP contribution is -2.09. The molecule has 2 nitrogen and oxygen atoms in total. The molecular formula is C10H7BrFNO. The number of carbonyl (C=O) groups is 1. The van der Waals surface area contributed by atoms with Crippen molar-refractivity contribution in [2.24, 2.45) is 5.92 Å². The maximum absolute atomic E-state index is 13.0. The van der Waals surface area contributed by atoms with Crippen LogP contribution in [0.2, 0.25) is 0 Å². The summed E-state index contributed by atoms with van der Waals surface area (Å²) in [6, 6.07) is 5.88. The zero-order valence-corrected chi connectivity index (χ0v) is 9.01. The Morgan fingerprint density at radius 3 is 2.79 bits per heavy atom. The second kappa shape index (κ2) is 4.34. The Morgan fingerprint density at radius 1 is 1.64 bits per heavy atom. The van der Waals surface area contributed by atoms with Crippen LogP contribution in [-0.4, -0.2) is 5.78 Å². The molecule has 1 atom stereocenters. The third-order valence-electron chi connectivity index (χ3n) is 1.79. The lowest BCUT2D eigenvalue weighted by molar-refractivity contribution is 0.0956. The number of carbonyl (C=O) groups excluding carboxylic acids is 1. The van der Waals surface area contributed by atoms with Gasteiger partial charge in [-0.1, -0.05) is 6.07 Å². The largest absolute Gasteiger partial charge is 0.293 e. The van der Waals surface area contributed by atoms with Gasteiger partial charge in [0, 0.05) is 5.56 Å². The second-order valence-electron chi connectivity index (χ2n) is 2.84. The van der Waals surface area contributed by atoms with Gasteiger partial charge in [0.05, 0.1) is 10.5 Å². The SMILES string of the molecule is CC(C#N)C(=O)c1ccc(Br)c(F)c1. The summed E-state index contributed by atoms with van der Waals surface area (Å²) in [5, 5.41) is 8.52. The number of ketones is 1. The van der Waals surface area contributed by atoms with Crippen LogP contribution in [-0.2, 0) is 0 Å². The molecule has 0 aliphatic carbocycles. The van der Waals surface area contributed by atoms with Gasteiger partial charge in [-0.25, -0.2) is 4.39 Å². The van der Waals surface area contributed by atoms with Gasteiger partial charge >= 0.3 is 0 Å². The van der Waals surface area contributed by atoms with Gasteiger partial charge in [0.1, 0.15) is 11.7 Å². The van der Waals surface area contributed by atoms with Gasteiger partial charge in [-0.05, 0) is 35.0 Å². The van der Waals surface area contributed by atoms with Crippen molar-refractivity contribution in [3.8, 4) is 6.07 Å². The third-order valence-corrected chi connectivity index (χ3v) is 2.43. The fraction of sp³-hybridized carbons (Fsp3) is 0.200. The van der Waals surface area contributed by atoms with Crippen LogP contribution < -0.4 is 0 Å². The first-order valence-corrected chi connectivity index (χ1v) is 4.74. The van der Waals surface area contributed by atoms with Crippen molar-refractivity contribution in [2.45, 2.75) is 6.92 Å². The van der Waals surface area contributed by atoms with Crippen LogP contribution in [0.5, 0.6) is 0 Å². The lowest BCUT2D eigenvalue weighted by atomic mass is 10.0. The molecule has 0 saturated carbocycles. The summed E-state index contributed by atoms with van der Waals surface area (Å²) in [5.41, 5.74) is 0.222. The van der Waals surface area contributed by atoms with Crippen molar-refractivity contribution in [1.29, 1.82) is 5.26 Å². The summed E-state index contributed by atoms with van der Waals surface area (Å²) in [6.07, 6.45) is 0.